The van der Waals surface area contributed by atoms with Crippen molar-refractivity contribution in [2.24, 2.45) is 5.73 Å². The summed E-state index contributed by atoms with van der Waals surface area (Å²) in [4.78, 5) is 11.7. The number of primary amides is 1. The zero-order valence-electron chi connectivity index (χ0n) is 11.4. The summed E-state index contributed by atoms with van der Waals surface area (Å²) >= 11 is 2.13. The molecule has 104 valence electrons. The van der Waals surface area contributed by atoms with Gasteiger partial charge < -0.3 is 11.1 Å². The van der Waals surface area contributed by atoms with Gasteiger partial charge in [0.2, 0.25) is 5.91 Å². The van der Waals surface area contributed by atoms with E-state index in [9.17, 15) is 4.79 Å². The monoisotopic (exact) mass is 270 g/mol. The zero-order chi connectivity index (χ0) is 13.0. The molecule has 0 aromatic rings. The number of rotatable bonds is 5. The van der Waals surface area contributed by atoms with Gasteiger partial charge in [-0.1, -0.05) is 26.2 Å². The molecule has 0 bridgehead atoms. The minimum absolute atomic E-state index is 0.156. The summed E-state index contributed by atoms with van der Waals surface area (Å²) in [6.07, 6.45) is 9.90. The highest BCUT2D eigenvalue weighted by molar-refractivity contribution is 8.00. The fraction of sp³-hybridized carbons (Fsp3) is 0.929. The smallest absolute Gasteiger partial charge is 0.237 e. The second-order valence-corrected chi connectivity index (χ2v) is 7.34. The van der Waals surface area contributed by atoms with Crippen LogP contribution in [0.1, 0.15) is 58.3 Å². The topological polar surface area (TPSA) is 55.1 Å². The summed E-state index contributed by atoms with van der Waals surface area (Å²) in [5, 5.41) is 4.79. The van der Waals surface area contributed by atoms with Crippen LogP contribution in [-0.4, -0.2) is 28.5 Å². The van der Waals surface area contributed by atoms with E-state index in [2.05, 4.69) is 17.1 Å². The third kappa shape index (κ3) is 3.21. The molecular formula is C14H26N2OS. The molecule has 0 spiro atoms. The van der Waals surface area contributed by atoms with E-state index < -0.39 is 5.54 Å². The molecule has 0 aromatic heterocycles. The first kappa shape index (κ1) is 14.2. The van der Waals surface area contributed by atoms with E-state index >= 15 is 0 Å². The lowest BCUT2D eigenvalue weighted by Gasteiger charge is -2.28. The van der Waals surface area contributed by atoms with E-state index in [0.717, 1.165) is 31.1 Å². The standard InChI is InChI=1S/C14H26N2OS/c1-2-16-14(13(15)17)9-8-12(10-14)18-11-6-4-3-5-7-11/h11-12,16H,2-10H2,1H3,(H2,15,17). The first-order valence-electron chi connectivity index (χ1n) is 7.36. The summed E-state index contributed by atoms with van der Waals surface area (Å²) in [5.74, 6) is -0.156. The Balaban J connectivity index is 1.87. The van der Waals surface area contributed by atoms with Crippen LogP contribution < -0.4 is 11.1 Å². The second-order valence-electron chi connectivity index (χ2n) is 5.74. The predicted octanol–water partition coefficient (Wildman–Crippen LogP) is 2.44. The Morgan fingerprint density at radius 1 is 1.28 bits per heavy atom. The van der Waals surface area contributed by atoms with Gasteiger partial charge >= 0.3 is 0 Å². The van der Waals surface area contributed by atoms with Crippen molar-refractivity contribution in [1.29, 1.82) is 0 Å². The third-order valence-electron chi connectivity index (χ3n) is 4.39. The molecule has 2 rings (SSSR count). The molecule has 2 atom stereocenters. The average Bonchev–Trinajstić information content (AvgIpc) is 2.76. The van der Waals surface area contributed by atoms with Crippen molar-refractivity contribution in [3.05, 3.63) is 0 Å². The molecule has 2 aliphatic carbocycles. The molecule has 0 saturated heterocycles. The van der Waals surface area contributed by atoms with Crippen LogP contribution in [0.4, 0.5) is 0 Å². The lowest BCUT2D eigenvalue weighted by Crippen LogP contribution is -2.53. The van der Waals surface area contributed by atoms with Gasteiger partial charge in [0.25, 0.3) is 0 Å². The SMILES string of the molecule is CCNC1(C(N)=O)CCC(SC2CCCCC2)C1. The second kappa shape index (κ2) is 6.29. The number of carbonyl (C=O) groups excluding carboxylic acids is 1. The molecule has 2 aliphatic rings. The van der Waals surface area contributed by atoms with Crippen LogP contribution in [0.15, 0.2) is 0 Å². The van der Waals surface area contributed by atoms with Crippen LogP contribution in [0.3, 0.4) is 0 Å². The van der Waals surface area contributed by atoms with E-state index in [0.29, 0.717) is 5.25 Å². The summed E-state index contributed by atoms with van der Waals surface area (Å²) in [6, 6.07) is 0. The maximum Gasteiger partial charge on any atom is 0.237 e. The van der Waals surface area contributed by atoms with Crippen LogP contribution in [0.5, 0.6) is 0 Å². The largest absolute Gasteiger partial charge is 0.368 e. The van der Waals surface area contributed by atoms with Gasteiger partial charge in [0.15, 0.2) is 0 Å². The van der Waals surface area contributed by atoms with Gasteiger partial charge in [-0.3, -0.25) is 4.79 Å². The summed E-state index contributed by atoms with van der Waals surface area (Å²) in [6.45, 7) is 2.87. The van der Waals surface area contributed by atoms with Gasteiger partial charge in [-0.2, -0.15) is 11.8 Å². The molecule has 18 heavy (non-hydrogen) atoms. The summed E-state index contributed by atoms with van der Waals surface area (Å²) in [7, 11) is 0. The fourth-order valence-electron chi connectivity index (χ4n) is 3.40. The molecule has 0 radical (unpaired) electrons. The van der Waals surface area contributed by atoms with Crippen molar-refractivity contribution in [3.63, 3.8) is 0 Å². The Kier molecular flexibility index (Phi) is 4.96. The van der Waals surface area contributed by atoms with Crippen molar-refractivity contribution < 1.29 is 4.79 Å². The van der Waals surface area contributed by atoms with Crippen molar-refractivity contribution in [2.45, 2.75) is 74.3 Å². The highest BCUT2D eigenvalue weighted by Crippen LogP contribution is 2.41. The molecule has 0 heterocycles. The van der Waals surface area contributed by atoms with Crippen molar-refractivity contribution in [1.82, 2.24) is 5.32 Å². The van der Waals surface area contributed by atoms with E-state index in [-0.39, 0.29) is 5.91 Å². The fourth-order valence-corrected chi connectivity index (χ4v) is 5.18. The van der Waals surface area contributed by atoms with Crippen molar-refractivity contribution >= 4 is 17.7 Å². The average molecular weight is 270 g/mol. The van der Waals surface area contributed by atoms with Crippen LogP contribution in [0, 0.1) is 0 Å². The van der Waals surface area contributed by atoms with Gasteiger partial charge in [0.05, 0.1) is 5.54 Å². The van der Waals surface area contributed by atoms with Gasteiger partial charge in [0, 0.05) is 10.5 Å². The molecule has 2 saturated carbocycles. The van der Waals surface area contributed by atoms with Gasteiger partial charge in [-0.15, -0.1) is 0 Å². The number of hydrogen-bond donors (Lipinski definition) is 2. The first-order valence-corrected chi connectivity index (χ1v) is 8.31. The van der Waals surface area contributed by atoms with Crippen molar-refractivity contribution in [2.75, 3.05) is 6.54 Å². The molecule has 2 fully saturated rings. The number of nitrogens with one attached hydrogen (secondary N) is 1. The van der Waals surface area contributed by atoms with Crippen molar-refractivity contribution in [3.8, 4) is 0 Å². The number of nitrogens with two attached hydrogens (primary N) is 1. The predicted molar refractivity (Wildman–Crippen MR) is 77.7 cm³/mol. The van der Waals surface area contributed by atoms with Crippen LogP contribution in [0.2, 0.25) is 0 Å². The molecule has 3 N–H and O–H groups in total. The molecule has 0 aliphatic heterocycles. The zero-order valence-corrected chi connectivity index (χ0v) is 12.2. The van der Waals surface area contributed by atoms with Crippen LogP contribution >= 0.6 is 11.8 Å². The van der Waals surface area contributed by atoms with Crippen LogP contribution in [0.25, 0.3) is 0 Å². The van der Waals surface area contributed by atoms with Gasteiger partial charge in [0.1, 0.15) is 0 Å². The minimum Gasteiger partial charge on any atom is -0.368 e. The highest BCUT2D eigenvalue weighted by atomic mass is 32.2. The number of thioether (sulfide) groups is 1. The third-order valence-corrected chi connectivity index (χ3v) is 6.04. The highest BCUT2D eigenvalue weighted by Gasteiger charge is 2.44. The van der Waals surface area contributed by atoms with E-state index in [1.165, 1.54) is 32.1 Å². The normalized spacial score (nSPS) is 33.7. The number of carbonyl (C=O) groups is 1. The molecular weight excluding hydrogens is 244 g/mol. The Morgan fingerprint density at radius 2 is 2.00 bits per heavy atom. The quantitative estimate of drug-likeness (QED) is 0.807. The van der Waals surface area contributed by atoms with Crippen LogP contribution in [-0.2, 0) is 4.79 Å². The molecule has 1 amide bonds. The Morgan fingerprint density at radius 3 is 2.61 bits per heavy atom. The molecule has 3 nitrogen and oxygen atoms in total. The Bertz CT molecular complexity index is 292. The maximum atomic E-state index is 11.7. The lowest BCUT2D eigenvalue weighted by molar-refractivity contribution is -0.124. The van der Waals surface area contributed by atoms with E-state index in [1.54, 1.807) is 0 Å². The molecule has 2 unspecified atom stereocenters. The number of likely N-dealkylation sites (N-methyl/N-ethyl adjacent to an activating group) is 1. The van der Waals surface area contributed by atoms with E-state index in [1.807, 2.05) is 6.92 Å². The number of amides is 1. The minimum atomic E-state index is -0.416. The van der Waals surface area contributed by atoms with Gasteiger partial charge in [-0.05, 0) is 38.6 Å². The van der Waals surface area contributed by atoms with Gasteiger partial charge in [-0.25, -0.2) is 0 Å². The maximum absolute atomic E-state index is 11.7. The molecule has 0 aromatic carbocycles. The van der Waals surface area contributed by atoms with E-state index in [4.69, 9.17) is 5.73 Å². The Labute approximate surface area is 115 Å². The number of hydrogen-bond acceptors (Lipinski definition) is 3. The lowest BCUT2D eigenvalue weighted by atomic mass is 9.97. The summed E-state index contributed by atoms with van der Waals surface area (Å²) < 4.78 is 0. The first-order chi connectivity index (χ1) is 8.66. The molecule has 4 heteroatoms. The summed E-state index contributed by atoms with van der Waals surface area (Å²) in [5.41, 5.74) is 5.19. The Hall–Kier alpha value is -0.220.